The quantitative estimate of drug-likeness (QED) is 0.729. The summed E-state index contributed by atoms with van der Waals surface area (Å²) in [6.07, 6.45) is 0.357. The second-order valence-corrected chi connectivity index (χ2v) is 5.27. The molecule has 0 spiro atoms. The molecule has 0 aromatic heterocycles. The van der Waals surface area contributed by atoms with E-state index in [1.165, 1.54) is 0 Å². The van der Waals surface area contributed by atoms with Gasteiger partial charge in [-0.2, -0.15) is 0 Å². The molecule has 0 atom stereocenters. The van der Waals surface area contributed by atoms with Crippen molar-refractivity contribution in [2.75, 3.05) is 46.0 Å². The van der Waals surface area contributed by atoms with Crippen LogP contribution in [0.5, 0.6) is 5.75 Å². The maximum atomic E-state index is 11.4. The minimum absolute atomic E-state index is 0. The van der Waals surface area contributed by atoms with Gasteiger partial charge in [-0.1, -0.05) is 12.1 Å². The van der Waals surface area contributed by atoms with E-state index in [0.29, 0.717) is 26.1 Å². The Hall–Kier alpha value is -1.34. The second kappa shape index (κ2) is 11.2. The summed E-state index contributed by atoms with van der Waals surface area (Å²) in [5.41, 5.74) is 6.37. The fourth-order valence-electron chi connectivity index (χ4n) is 2.28. The lowest BCUT2D eigenvalue weighted by Gasteiger charge is -2.26. The van der Waals surface area contributed by atoms with Crippen LogP contribution in [0.15, 0.2) is 24.3 Å². The van der Waals surface area contributed by atoms with Crippen molar-refractivity contribution in [1.82, 2.24) is 10.2 Å². The normalized spacial score (nSPS) is 14.8. The van der Waals surface area contributed by atoms with E-state index < -0.39 is 0 Å². The van der Waals surface area contributed by atoms with Crippen LogP contribution in [-0.2, 0) is 16.1 Å². The van der Waals surface area contributed by atoms with E-state index in [0.717, 1.165) is 44.2 Å². The van der Waals surface area contributed by atoms with Gasteiger partial charge in [0.15, 0.2) is 0 Å². The third kappa shape index (κ3) is 7.65. The number of amides is 1. The lowest BCUT2D eigenvalue weighted by atomic mass is 10.2. The molecule has 0 saturated carbocycles. The van der Waals surface area contributed by atoms with E-state index in [1.54, 1.807) is 0 Å². The van der Waals surface area contributed by atoms with Crippen molar-refractivity contribution < 1.29 is 14.3 Å². The van der Waals surface area contributed by atoms with Gasteiger partial charge in [0.1, 0.15) is 12.4 Å². The molecule has 130 valence electrons. The standard InChI is InChI=1S/C16H25N3O3.ClH/c17-5-4-16(20)18-13-14-2-1-3-15(12-14)22-11-8-19-6-9-21-10-7-19;/h1-3,12H,4-11,13,17H2,(H,18,20);1H. The number of carbonyl (C=O) groups is 1. The summed E-state index contributed by atoms with van der Waals surface area (Å²) in [5, 5.41) is 2.84. The number of rotatable bonds is 8. The number of carbonyl (C=O) groups excluding carboxylic acids is 1. The van der Waals surface area contributed by atoms with E-state index in [9.17, 15) is 4.79 Å². The van der Waals surface area contributed by atoms with Gasteiger partial charge in [-0.15, -0.1) is 12.4 Å². The van der Waals surface area contributed by atoms with Crippen molar-refractivity contribution in [3.05, 3.63) is 29.8 Å². The fraction of sp³-hybridized carbons (Fsp3) is 0.562. The number of hydrogen-bond acceptors (Lipinski definition) is 5. The van der Waals surface area contributed by atoms with Gasteiger partial charge in [0.05, 0.1) is 13.2 Å². The number of hydrogen-bond donors (Lipinski definition) is 2. The highest BCUT2D eigenvalue weighted by molar-refractivity contribution is 5.85. The molecule has 0 radical (unpaired) electrons. The summed E-state index contributed by atoms with van der Waals surface area (Å²) < 4.78 is 11.1. The number of nitrogens with one attached hydrogen (secondary N) is 1. The van der Waals surface area contributed by atoms with Gasteiger partial charge in [0.25, 0.3) is 0 Å². The number of ether oxygens (including phenoxy) is 2. The number of halogens is 1. The Labute approximate surface area is 143 Å². The molecule has 23 heavy (non-hydrogen) atoms. The van der Waals surface area contributed by atoms with E-state index in [4.69, 9.17) is 15.2 Å². The van der Waals surface area contributed by atoms with Crippen LogP contribution >= 0.6 is 12.4 Å². The van der Waals surface area contributed by atoms with Crippen LogP contribution < -0.4 is 15.8 Å². The van der Waals surface area contributed by atoms with Gasteiger partial charge >= 0.3 is 0 Å². The summed E-state index contributed by atoms with van der Waals surface area (Å²) >= 11 is 0. The molecule has 2 rings (SSSR count). The molecule has 1 aromatic carbocycles. The highest BCUT2D eigenvalue weighted by atomic mass is 35.5. The first kappa shape index (κ1) is 19.7. The Morgan fingerprint density at radius 3 is 2.87 bits per heavy atom. The van der Waals surface area contributed by atoms with Crippen LogP contribution in [-0.4, -0.2) is 56.8 Å². The average Bonchev–Trinajstić information content (AvgIpc) is 2.55. The highest BCUT2D eigenvalue weighted by Gasteiger charge is 2.09. The average molecular weight is 344 g/mol. The second-order valence-electron chi connectivity index (χ2n) is 5.27. The summed E-state index contributed by atoms with van der Waals surface area (Å²) in [6.45, 7) is 5.98. The molecule has 0 bridgehead atoms. The van der Waals surface area contributed by atoms with Crippen molar-refractivity contribution in [3.8, 4) is 5.75 Å². The molecule has 1 amide bonds. The number of morpholine rings is 1. The summed E-state index contributed by atoms with van der Waals surface area (Å²) in [5.74, 6) is 0.806. The van der Waals surface area contributed by atoms with Gasteiger partial charge < -0.3 is 20.5 Å². The Morgan fingerprint density at radius 1 is 1.35 bits per heavy atom. The van der Waals surface area contributed by atoms with E-state index in [2.05, 4.69) is 10.2 Å². The lowest BCUT2D eigenvalue weighted by Crippen LogP contribution is -2.38. The zero-order chi connectivity index (χ0) is 15.6. The maximum absolute atomic E-state index is 11.4. The fourth-order valence-corrected chi connectivity index (χ4v) is 2.28. The minimum Gasteiger partial charge on any atom is -0.492 e. The molecule has 1 aliphatic rings. The van der Waals surface area contributed by atoms with Gasteiger partial charge in [-0.3, -0.25) is 9.69 Å². The zero-order valence-corrected chi connectivity index (χ0v) is 14.1. The molecule has 0 aliphatic carbocycles. The van der Waals surface area contributed by atoms with E-state index in [-0.39, 0.29) is 18.3 Å². The minimum atomic E-state index is -0.0267. The van der Waals surface area contributed by atoms with Crippen molar-refractivity contribution in [3.63, 3.8) is 0 Å². The van der Waals surface area contributed by atoms with Crippen molar-refractivity contribution in [2.45, 2.75) is 13.0 Å². The SMILES string of the molecule is Cl.NCCC(=O)NCc1cccc(OCCN2CCOCC2)c1. The first-order valence-corrected chi connectivity index (χ1v) is 7.76. The van der Waals surface area contributed by atoms with E-state index >= 15 is 0 Å². The van der Waals surface area contributed by atoms with Gasteiger partial charge in [-0.25, -0.2) is 0 Å². The number of nitrogens with zero attached hydrogens (tertiary/aromatic N) is 1. The topological polar surface area (TPSA) is 76.8 Å². The molecular formula is C16H26ClN3O3. The Kier molecular flexibility index (Phi) is 9.63. The monoisotopic (exact) mass is 343 g/mol. The van der Waals surface area contributed by atoms with Crippen LogP contribution in [0.25, 0.3) is 0 Å². The first-order chi connectivity index (χ1) is 10.8. The van der Waals surface area contributed by atoms with Crippen LogP contribution in [0.2, 0.25) is 0 Å². The number of nitrogens with two attached hydrogens (primary N) is 1. The molecule has 0 unspecified atom stereocenters. The molecule has 1 aromatic rings. The third-order valence-corrected chi connectivity index (χ3v) is 3.54. The third-order valence-electron chi connectivity index (χ3n) is 3.54. The molecule has 3 N–H and O–H groups in total. The van der Waals surface area contributed by atoms with E-state index in [1.807, 2.05) is 24.3 Å². The molecule has 1 saturated heterocycles. The smallest absolute Gasteiger partial charge is 0.221 e. The van der Waals surface area contributed by atoms with Crippen LogP contribution in [0.3, 0.4) is 0 Å². The molecule has 1 heterocycles. The molecule has 6 nitrogen and oxygen atoms in total. The van der Waals surface area contributed by atoms with Gasteiger partial charge in [0, 0.05) is 39.1 Å². The first-order valence-electron chi connectivity index (χ1n) is 7.76. The Bertz CT molecular complexity index is 468. The summed E-state index contributed by atoms with van der Waals surface area (Å²) in [4.78, 5) is 13.7. The molecule has 1 fully saturated rings. The predicted molar refractivity (Wildman–Crippen MR) is 92.0 cm³/mol. The van der Waals surface area contributed by atoms with Crippen molar-refractivity contribution >= 4 is 18.3 Å². The number of benzene rings is 1. The summed E-state index contributed by atoms with van der Waals surface area (Å²) in [6, 6.07) is 7.80. The van der Waals surface area contributed by atoms with Crippen LogP contribution in [0, 0.1) is 0 Å². The highest BCUT2D eigenvalue weighted by Crippen LogP contribution is 2.13. The lowest BCUT2D eigenvalue weighted by molar-refractivity contribution is -0.121. The Balaban J connectivity index is 0.00000264. The zero-order valence-electron chi connectivity index (χ0n) is 13.3. The van der Waals surface area contributed by atoms with Crippen LogP contribution in [0.4, 0.5) is 0 Å². The molecular weight excluding hydrogens is 318 g/mol. The van der Waals surface area contributed by atoms with Crippen molar-refractivity contribution in [2.24, 2.45) is 5.73 Å². The largest absolute Gasteiger partial charge is 0.492 e. The summed E-state index contributed by atoms with van der Waals surface area (Å²) in [7, 11) is 0. The Morgan fingerprint density at radius 2 is 2.13 bits per heavy atom. The van der Waals surface area contributed by atoms with Crippen molar-refractivity contribution in [1.29, 1.82) is 0 Å². The van der Waals surface area contributed by atoms with Gasteiger partial charge in [-0.05, 0) is 17.7 Å². The van der Waals surface area contributed by atoms with Gasteiger partial charge in [0.2, 0.25) is 5.91 Å². The molecule has 7 heteroatoms. The predicted octanol–water partition coefficient (Wildman–Crippen LogP) is 0.784. The molecule has 1 aliphatic heterocycles. The van der Waals surface area contributed by atoms with Crippen LogP contribution in [0.1, 0.15) is 12.0 Å². The maximum Gasteiger partial charge on any atom is 0.221 e.